The first-order valence-electron chi connectivity index (χ1n) is 6.63. The van der Waals surface area contributed by atoms with E-state index in [-0.39, 0.29) is 6.04 Å². The van der Waals surface area contributed by atoms with Crippen LogP contribution in [0.3, 0.4) is 0 Å². The fourth-order valence-electron chi connectivity index (χ4n) is 2.49. The lowest BCUT2D eigenvalue weighted by molar-refractivity contribution is 0.755. The molecule has 1 heterocycles. The topological polar surface area (TPSA) is 63.8 Å². The van der Waals surface area contributed by atoms with E-state index in [1.165, 1.54) is 11.1 Å². The van der Waals surface area contributed by atoms with Gasteiger partial charge in [0.15, 0.2) is 0 Å². The molecule has 0 saturated heterocycles. The Labute approximate surface area is 113 Å². The Morgan fingerprint density at radius 1 is 1.16 bits per heavy atom. The Hall–Kier alpha value is -1.94. The van der Waals surface area contributed by atoms with Gasteiger partial charge in [0.05, 0.1) is 0 Å². The van der Waals surface area contributed by atoms with Crippen LogP contribution in [0.4, 0.5) is 5.95 Å². The number of benzene rings is 1. The van der Waals surface area contributed by atoms with Crippen LogP contribution in [0.25, 0.3) is 0 Å². The first kappa shape index (κ1) is 12.1. The molecule has 1 atom stereocenters. The zero-order valence-electron chi connectivity index (χ0n) is 11.0. The molecule has 0 spiro atoms. The first-order valence-corrected chi connectivity index (χ1v) is 6.63. The Morgan fingerprint density at radius 3 is 2.26 bits per heavy atom. The highest BCUT2D eigenvalue weighted by molar-refractivity contribution is 5.38. The highest BCUT2D eigenvalue weighted by Crippen LogP contribution is 2.23. The highest BCUT2D eigenvalue weighted by Gasteiger charge is 2.21. The van der Waals surface area contributed by atoms with Gasteiger partial charge in [-0.05, 0) is 30.9 Å². The molecule has 0 saturated carbocycles. The van der Waals surface area contributed by atoms with E-state index in [2.05, 4.69) is 39.6 Å². The molecule has 4 heteroatoms. The Kier molecular flexibility index (Phi) is 3.17. The van der Waals surface area contributed by atoms with Gasteiger partial charge < -0.3 is 11.1 Å². The fraction of sp³-hybridized carbons (Fsp3) is 0.333. The van der Waals surface area contributed by atoms with Gasteiger partial charge in [-0.25, -0.2) is 9.97 Å². The number of rotatable bonds is 3. The average molecular weight is 254 g/mol. The van der Waals surface area contributed by atoms with Crippen molar-refractivity contribution in [1.82, 2.24) is 9.97 Å². The van der Waals surface area contributed by atoms with Gasteiger partial charge in [0, 0.05) is 30.0 Å². The van der Waals surface area contributed by atoms with E-state index in [9.17, 15) is 0 Å². The number of nitrogens with one attached hydrogen (secondary N) is 1. The van der Waals surface area contributed by atoms with Crippen molar-refractivity contribution in [3.8, 4) is 0 Å². The van der Waals surface area contributed by atoms with Crippen molar-refractivity contribution in [3.05, 3.63) is 53.3 Å². The predicted molar refractivity (Wildman–Crippen MR) is 75.9 cm³/mol. The minimum Gasteiger partial charge on any atom is -0.351 e. The van der Waals surface area contributed by atoms with Crippen LogP contribution in [0, 0.1) is 0 Å². The molecular formula is C15H18N4. The lowest BCUT2D eigenvalue weighted by Crippen LogP contribution is -2.21. The summed E-state index contributed by atoms with van der Waals surface area (Å²) in [6, 6.07) is 8.93. The summed E-state index contributed by atoms with van der Waals surface area (Å²) >= 11 is 0. The van der Waals surface area contributed by atoms with Crippen molar-refractivity contribution in [3.63, 3.8) is 0 Å². The third-order valence-electron chi connectivity index (χ3n) is 3.58. The summed E-state index contributed by atoms with van der Waals surface area (Å²) in [7, 11) is 0. The van der Waals surface area contributed by atoms with Gasteiger partial charge in [0.1, 0.15) is 0 Å². The van der Waals surface area contributed by atoms with Gasteiger partial charge in [-0.3, -0.25) is 0 Å². The monoisotopic (exact) mass is 254 g/mol. The summed E-state index contributed by atoms with van der Waals surface area (Å²) in [6.45, 7) is 1.93. The SMILES string of the molecule is CC(N)c1cnc(NC2Cc3ccccc3C2)nc1. The molecule has 0 aliphatic heterocycles. The lowest BCUT2D eigenvalue weighted by atomic mass is 10.1. The van der Waals surface area contributed by atoms with E-state index in [1.54, 1.807) is 12.4 Å². The molecule has 3 rings (SSSR count). The maximum absolute atomic E-state index is 5.78. The average Bonchev–Trinajstić information content (AvgIpc) is 2.81. The van der Waals surface area contributed by atoms with E-state index in [1.807, 2.05) is 6.92 Å². The molecule has 4 nitrogen and oxygen atoms in total. The molecule has 0 bridgehead atoms. The summed E-state index contributed by atoms with van der Waals surface area (Å²) < 4.78 is 0. The number of fused-ring (bicyclic) bond motifs is 1. The van der Waals surface area contributed by atoms with Crippen LogP contribution in [0.15, 0.2) is 36.7 Å². The Morgan fingerprint density at radius 2 is 1.74 bits per heavy atom. The van der Waals surface area contributed by atoms with Gasteiger partial charge in [-0.1, -0.05) is 24.3 Å². The second-order valence-corrected chi connectivity index (χ2v) is 5.15. The molecule has 1 aromatic heterocycles. The number of nitrogens with zero attached hydrogens (tertiary/aromatic N) is 2. The minimum atomic E-state index is -0.0233. The maximum Gasteiger partial charge on any atom is 0.222 e. The van der Waals surface area contributed by atoms with Crippen LogP contribution in [0.5, 0.6) is 0 Å². The molecule has 3 N–H and O–H groups in total. The Bertz CT molecular complexity index is 538. The van der Waals surface area contributed by atoms with Crippen LogP contribution in [0.2, 0.25) is 0 Å². The second-order valence-electron chi connectivity index (χ2n) is 5.15. The van der Waals surface area contributed by atoms with E-state index >= 15 is 0 Å². The molecule has 0 radical (unpaired) electrons. The predicted octanol–water partition coefficient (Wildman–Crippen LogP) is 2.08. The molecule has 98 valence electrons. The molecule has 1 aromatic carbocycles. The smallest absolute Gasteiger partial charge is 0.222 e. The van der Waals surface area contributed by atoms with Crippen LogP contribution in [-0.4, -0.2) is 16.0 Å². The van der Waals surface area contributed by atoms with Gasteiger partial charge in [-0.15, -0.1) is 0 Å². The van der Waals surface area contributed by atoms with Gasteiger partial charge in [0.25, 0.3) is 0 Å². The van der Waals surface area contributed by atoms with Crippen LogP contribution in [-0.2, 0) is 12.8 Å². The third-order valence-corrected chi connectivity index (χ3v) is 3.58. The molecule has 1 aliphatic rings. The number of nitrogens with two attached hydrogens (primary N) is 1. The van der Waals surface area contributed by atoms with Crippen molar-refractivity contribution in [2.45, 2.75) is 31.8 Å². The van der Waals surface area contributed by atoms with Crippen molar-refractivity contribution in [2.75, 3.05) is 5.32 Å². The highest BCUT2D eigenvalue weighted by atomic mass is 15.1. The largest absolute Gasteiger partial charge is 0.351 e. The zero-order valence-corrected chi connectivity index (χ0v) is 11.0. The van der Waals surface area contributed by atoms with Gasteiger partial charge in [-0.2, -0.15) is 0 Å². The molecule has 0 fully saturated rings. The molecule has 1 aliphatic carbocycles. The first-order chi connectivity index (χ1) is 9.22. The van der Waals surface area contributed by atoms with E-state index in [0.717, 1.165) is 18.4 Å². The van der Waals surface area contributed by atoms with Crippen molar-refractivity contribution < 1.29 is 0 Å². The Balaban J connectivity index is 1.67. The van der Waals surface area contributed by atoms with Gasteiger partial charge in [0.2, 0.25) is 5.95 Å². The zero-order chi connectivity index (χ0) is 13.2. The summed E-state index contributed by atoms with van der Waals surface area (Å²) in [5, 5.41) is 3.39. The number of anilines is 1. The second kappa shape index (κ2) is 4.97. The summed E-state index contributed by atoms with van der Waals surface area (Å²) in [5.74, 6) is 0.683. The molecule has 1 unspecified atom stereocenters. The number of aromatic nitrogens is 2. The van der Waals surface area contributed by atoms with Crippen LogP contribution >= 0.6 is 0 Å². The third kappa shape index (κ3) is 2.58. The van der Waals surface area contributed by atoms with E-state index in [0.29, 0.717) is 12.0 Å². The molecular weight excluding hydrogens is 236 g/mol. The molecule has 19 heavy (non-hydrogen) atoms. The molecule has 2 aromatic rings. The minimum absolute atomic E-state index is 0.0233. The van der Waals surface area contributed by atoms with E-state index in [4.69, 9.17) is 5.73 Å². The number of hydrogen-bond acceptors (Lipinski definition) is 4. The van der Waals surface area contributed by atoms with Crippen molar-refractivity contribution in [1.29, 1.82) is 0 Å². The summed E-state index contributed by atoms with van der Waals surface area (Å²) in [5.41, 5.74) is 9.59. The fourth-order valence-corrected chi connectivity index (χ4v) is 2.49. The lowest BCUT2D eigenvalue weighted by Gasteiger charge is -2.12. The van der Waals surface area contributed by atoms with Crippen molar-refractivity contribution in [2.24, 2.45) is 5.73 Å². The summed E-state index contributed by atoms with van der Waals surface area (Å²) in [4.78, 5) is 8.65. The quantitative estimate of drug-likeness (QED) is 0.880. The van der Waals surface area contributed by atoms with Gasteiger partial charge >= 0.3 is 0 Å². The summed E-state index contributed by atoms with van der Waals surface area (Å²) in [6.07, 6.45) is 5.66. The molecule has 0 amide bonds. The standard InChI is InChI=1S/C15H18N4/c1-10(16)13-8-17-15(18-9-13)19-14-6-11-4-2-3-5-12(11)7-14/h2-5,8-10,14H,6-7,16H2,1H3,(H,17,18,19). The van der Waals surface area contributed by atoms with Crippen molar-refractivity contribution >= 4 is 5.95 Å². The van der Waals surface area contributed by atoms with Crippen LogP contribution in [0.1, 0.15) is 29.7 Å². The maximum atomic E-state index is 5.78. The van der Waals surface area contributed by atoms with Crippen LogP contribution < -0.4 is 11.1 Å². The van der Waals surface area contributed by atoms with E-state index < -0.39 is 0 Å². The number of hydrogen-bond donors (Lipinski definition) is 2. The normalized spacial score (nSPS) is 16.1.